The molecule has 342 valence electrons. The molecule has 1 aliphatic carbocycles. The van der Waals surface area contributed by atoms with Crippen LogP contribution in [0.2, 0.25) is 0 Å². The van der Waals surface area contributed by atoms with Crippen LogP contribution in [0.25, 0.3) is 0 Å². The van der Waals surface area contributed by atoms with Crippen LogP contribution in [0.3, 0.4) is 0 Å². The van der Waals surface area contributed by atoms with Crippen LogP contribution in [0.4, 0.5) is 0 Å². The summed E-state index contributed by atoms with van der Waals surface area (Å²) in [7, 11) is -1.92. The number of benzene rings is 1. The van der Waals surface area contributed by atoms with Gasteiger partial charge in [0.15, 0.2) is 0 Å². The molecular weight excluding hydrogens is 811 g/mol. The third-order valence-corrected chi connectivity index (χ3v) is 10.4. The Morgan fingerprint density at radius 2 is 1.26 bits per heavy atom. The Bertz CT molecular complexity index is 1780. The summed E-state index contributed by atoms with van der Waals surface area (Å²) in [5, 5.41) is 62.4. The molecule has 6 amide bonds. The molecule has 1 saturated carbocycles. The number of carboxylic acids is 3. The summed E-state index contributed by atoms with van der Waals surface area (Å²) < 4.78 is 0. The van der Waals surface area contributed by atoms with E-state index in [1.807, 2.05) is 0 Å². The summed E-state index contributed by atoms with van der Waals surface area (Å²) in [6.45, 7) is 10.3. The summed E-state index contributed by atoms with van der Waals surface area (Å²) in [5.74, 6) is -10.8. The molecule has 0 unspecified atom stereocenters. The zero-order valence-electron chi connectivity index (χ0n) is 35.6. The zero-order valence-corrected chi connectivity index (χ0v) is 35.6. The van der Waals surface area contributed by atoms with E-state index in [2.05, 4.69) is 38.5 Å². The number of carboxylic acid groups (broad SMARTS) is 3. The second-order valence-electron chi connectivity index (χ2n) is 16.6. The minimum absolute atomic E-state index is 0.0249. The maximum atomic E-state index is 14.3. The normalized spacial score (nSPS) is 15.6. The van der Waals surface area contributed by atoms with Gasteiger partial charge < -0.3 is 57.3 Å². The van der Waals surface area contributed by atoms with Gasteiger partial charge >= 0.3 is 25.0 Å². The number of aliphatic carboxylic acids is 3. The Morgan fingerprint density at radius 1 is 0.710 bits per heavy atom. The largest absolute Gasteiger partial charge is 0.481 e. The smallest absolute Gasteiger partial charge is 0.475 e. The van der Waals surface area contributed by atoms with Crippen molar-refractivity contribution in [3.05, 3.63) is 48.0 Å². The SMILES string of the molecule is C=CC[C@H](NC(=O)[C@H](CC1CCCC1)NC(=O)[C@@H](NC(=O)[C@H](Cc1ccccc1C)NC(=O)[C@H](CCC(=O)O)NC(=O)[C@H](CC(=O)O)NC(=O)CCC(=O)O)C(C)(C)C)B(O)O. The summed E-state index contributed by atoms with van der Waals surface area (Å²) in [5.41, 5.74) is 0.304. The Hall–Kier alpha value is -5.83. The van der Waals surface area contributed by atoms with Crippen molar-refractivity contribution < 1.29 is 68.5 Å². The minimum Gasteiger partial charge on any atom is -0.481 e. The molecule has 0 aliphatic heterocycles. The van der Waals surface area contributed by atoms with Crippen LogP contribution in [0.15, 0.2) is 36.9 Å². The third kappa shape index (κ3) is 18.4. The quantitative estimate of drug-likeness (QED) is 0.0427. The number of carbonyl (C=O) groups excluding carboxylic acids is 6. The van der Waals surface area contributed by atoms with Crippen molar-refractivity contribution in [2.24, 2.45) is 11.3 Å². The molecule has 0 radical (unpaired) electrons. The number of hydrogen-bond donors (Lipinski definition) is 11. The lowest BCUT2D eigenvalue weighted by atomic mass is 9.77. The van der Waals surface area contributed by atoms with Gasteiger partial charge in [-0.05, 0) is 48.6 Å². The molecule has 62 heavy (non-hydrogen) atoms. The molecule has 2 rings (SSSR count). The van der Waals surface area contributed by atoms with E-state index in [0.29, 0.717) is 5.56 Å². The van der Waals surface area contributed by atoms with E-state index in [0.717, 1.165) is 31.2 Å². The van der Waals surface area contributed by atoms with Crippen LogP contribution in [0, 0.1) is 18.3 Å². The Labute approximate surface area is 360 Å². The standard InChI is InChI=1S/C41H61BN6O14/c1-6-11-30(42(61)62)47-38(58)27(20-24-13-8-9-14-24)46-40(60)35(41(3,4)5)48-39(59)28(21-25-15-10-7-12-23(25)2)45-36(56)26(16-18-32(50)51)44-37(57)29(22-34(54)55)43-31(49)17-19-33(52)53/h6-7,10,12,15,24,26-30,35,61-62H,1,8-9,11,13-14,16-22H2,2-5H3,(H,43,49)(H,44,57)(H,45,56)(H,46,60)(H,47,58)(H,48,59)(H,50,51)(H,52,53)(H,54,55)/t26-,27-,28-,29-,30-,35+/m0/s1. The molecule has 0 saturated heterocycles. The van der Waals surface area contributed by atoms with Gasteiger partial charge in [0.1, 0.15) is 30.2 Å². The lowest BCUT2D eigenvalue weighted by Crippen LogP contribution is -2.62. The van der Waals surface area contributed by atoms with E-state index in [1.165, 1.54) is 6.08 Å². The van der Waals surface area contributed by atoms with Crippen molar-refractivity contribution in [3.63, 3.8) is 0 Å². The van der Waals surface area contributed by atoms with E-state index in [1.54, 1.807) is 52.0 Å². The van der Waals surface area contributed by atoms with Crippen LogP contribution >= 0.6 is 0 Å². The van der Waals surface area contributed by atoms with E-state index in [9.17, 15) is 63.4 Å². The number of hydrogen-bond acceptors (Lipinski definition) is 11. The highest BCUT2D eigenvalue weighted by Crippen LogP contribution is 2.29. The molecular formula is C41H61BN6O14. The van der Waals surface area contributed by atoms with Crippen LogP contribution in [-0.2, 0) is 49.6 Å². The maximum Gasteiger partial charge on any atom is 0.475 e. The van der Waals surface area contributed by atoms with Crippen LogP contribution in [0.1, 0.15) is 103 Å². The van der Waals surface area contributed by atoms with Gasteiger partial charge in [-0.25, -0.2) is 0 Å². The number of nitrogens with one attached hydrogen (secondary N) is 6. The van der Waals surface area contributed by atoms with E-state index in [-0.39, 0.29) is 25.2 Å². The average molecular weight is 873 g/mol. The first-order valence-corrected chi connectivity index (χ1v) is 20.5. The first-order valence-electron chi connectivity index (χ1n) is 20.5. The van der Waals surface area contributed by atoms with Crippen molar-refractivity contribution in [2.45, 2.75) is 141 Å². The summed E-state index contributed by atoms with van der Waals surface area (Å²) in [6, 6.07) is -0.546. The predicted octanol–water partition coefficient (Wildman–Crippen LogP) is -0.135. The summed E-state index contributed by atoms with van der Waals surface area (Å²) in [4.78, 5) is 116. The van der Waals surface area contributed by atoms with Gasteiger partial charge in [0, 0.05) is 19.3 Å². The molecule has 20 nitrogen and oxygen atoms in total. The molecule has 1 aromatic rings. The fraction of sp³-hybridized carbons (Fsp3) is 0.585. The highest BCUT2D eigenvalue weighted by Gasteiger charge is 2.39. The van der Waals surface area contributed by atoms with Crippen LogP contribution < -0.4 is 31.9 Å². The molecule has 0 heterocycles. The molecule has 1 fully saturated rings. The van der Waals surface area contributed by atoms with Gasteiger partial charge in [0.05, 0.1) is 18.8 Å². The highest BCUT2D eigenvalue weighted by molar-refractivity contribution is 6.43. The van der Waals surface area contributed by atoms with Crippen molar-refractivity contribution in [2.75, 3.05) is 0 Å². The number of amides is 6. The first-order chi connectivity index (χ1) is 29.0. The van der Waals surface area contributed by atoms with Gasteiger partial charge in [0.25, 0.3) is 0 Å². The fourth-order valence-corrected chi connectivity index (χ4v) is 6.92. The maximum absolute atomic E-state index is 14.3. The van der Waals surface area contributed by atoms with E-state index in [4.69, 9.17) is 5.11 Å². The Kier molecular flexibility index (Phi) is 21.3. The number of carbonyl (C=O) groups is 9. The molecule has 0 bridgehead atoms. The van der Waals surface area contributed by atoms with Crippen molar-refractivity contribution in [1.82, 2.24) is 31.9 Å². The second kappa shape index (κ2) is 25.2. The van der Waals surface area contributed by atoms with Crippen molar-refractivity contribution in [1.29, 1.82) is 0 Å². The molecule has 0 spiro atoms. The fourth-order valence-electron chi connectivity index (χ4n) is 6.92. The summed E-state index contributed by atoms with van der Waals surface area (Å²) in [6.07, 6.45) is 1.58. The molecule has 0 aromatic heterocycles. The number of aryl methyl sites for hydroxylation is 1. The van der Waals surface area contributed by atoms with Crippen LogP contribution in [-0.4, -0.2) is 122 Å². The van der Waals surface area contributed by atoms with Crippen molar-refractivity contribution in [3.8, 4) is 0 Å². The molecule has 1 aromatic carbocycles. The minimum atomic E-state index is -1.92. The zero-order chi connectivity index (χ0) is 46.7. The van der Waals surface area contributed by atoms with Gasteiger partial charge in [-0.2, -0.15) is 0 Å². The van der Waals surface area contributed by atoms with Crippen molar-refractivity contribution >= 4 is 60.5 Å². The van der Waals surface area contributed by atoms with Crippen LogP contribution in [0.5, 0.6) is 0 Å². The highest BCUT2D eigenvalue weighted by atomic mass is 16.4. The van der Waals surface area contributed by atoms with E-state index >= 15 is 0 Å². The predicted molar refractivity (Wildman–Crippen MR) is 223 cm³/mol. The topological polar surface area (TPSA) is 327 Å². The van der Waals surface area contributed by atoms with Gasteiger partial charge in [0.2, 0.25) is 35.4 Å². The molecule has 21 heteroatoms. The second-order valence-corrected chi connectivity index (χ2v) is 16.6. The summed E-state index contributed by atoms with van der Waals surface area (Å²) >= 11 is 0. The van der Waals surface area contributed by atoms with Gasteiger partial charge in [-0.3, -0.25) is 43.2 Å². The first kappa shape index (κ1) is 52.3. The molecule has 1 aliphatic rings. The third-order valence-electron chi connectivity index (χ3n) is 10.4. The lowest BCUT2D eigenvalue weighted by molar-refractivity contribution is -0.142. The number of rotatable bonds is 26. The van der Waals surface area contributed by atoms with E-state index < -0.39 is 134 Å². The van der Waals surface area contributed by atoms with Gasteiger partial charge in [-0.15, -0.1) is 6.58 Å². The Balaban J connectivity index is 2.48. The average Bonchev–Trinajstić information content (AvgIpc) is 3.69. The monoisotopic (exact) mass is 872 g/mol. The Morgan fingerprint density at radius 3 is 1.81 bits per heavy atom. The molecule has 6 atom stereocenters. The molecule has 11 N–H and O–H groups in total. The van der Waals surface area contributed by atoms with Gasteiger partial charge in [-0.1, -0.05) is 76.8 Å². The lowest BCUT2D eigenvalue weighted by Gasteiger charge is -2.34.